The molecule has 1 aromatic rings. The molecule has 88 valence electrons. The second-order valence-corrected chi connectivity index (χ2v) is 5.31. The van der Waals surface area contributed by atoms with E-state index in [1.54, 1.807) is 0 Å². The van der Waals surface area contributed by atoms with Crippen molar-refractivity contribution < 1.29 is 0 Å². The topological polar surface area (TPSA) is 51.8 Å². The van der Waals surface area contributed by atoms with E-state index >= 15 is 0 Å². The summed E-state index contributed by atoms with van der Waals surface area (Å²) >= 11 is 0. The minimum atomic E-state index is 0.0903. The molecule has 16 heavy (non-hydrogen) atoms. The maximum atomic E-state index is 5.87. The summed E-state index contributed by atoms with van der Waals surface area (Å²) in [7, 11) is 0. The van der Waals surface area contributed by atoms with E-state index in [0.29, 0.717) is 12.5 Å². The van der Waals surface area contributed by atoms with Gasteiger partial charge in [0, 0.05) is 23.9 Å². The van der Waals surface area contributed by atoms with Crippen LogP contribution in [-0.4, -0.2) is 16.5 Å². The lowest BCUT2D eigenvalue weighted by atomic mass is 9.68. The molecule has 0 unspecified atom stereocenters. The first kappa shape index (κ1) is 11.5. The first-order chi connectivity index (χ1) is 7.66. The molecule has 1 aliphatic carbocycles. The van der Waals surface area contributed by atoms with E-state index < -0.39 is 0 Å². The molecule has 1 heterocycles. The van der Waals surface area contributed by atoms with Crippen LogP contribution in [0.2, 0.25) is 0 Å². The molecule has 1 aromatic heterocycles. The van der Waals surface area contributed by atoms with Crippen LogP contribution in [0.1, 0.15) is 44.6 Å². The fourth-order valence-corrected chi connectivity index (χ4v) is 2.31. The Hall–Kier alpha value is -0.960. The van der Waals surface area contributed by atoms with Crippen molar-refractivity contribution in [2.24, 2.45) is 11.7 Å². The number of rotatable bonds is 4. The van der Waals surface area contributed by atoms with E-state index in [2.05, 4.69) is 23.8 Å². The molecular weight excluding hydrogens is 198 g/mol. The monoisotopic (exact) mass is 219 g/mol. The van der Waals surface area contributed by atoms with Gasteiger partial charge in [-0.05, 0) is 31.2 Å². The third-order valence-corrected chi connectivity index (χ3v) is 3.51. The molecule has 2 N–H and O–H groups in total. The SMILES string of the molecule is CC(C)Cc1ccnc(C2(CN)CCC2)n1. The molecule has 0 atom stereocenters. The average Bonchev–Trinajstić information content (AvgIpc) is 2.16. The van der Waals surface area contributed by atoms with Crippen molar-refractivity contribution in [2.75, 3.05) is 6.54 Å². The highest BCUT2D eigenvalue weighted by molar-refractivity contribution is 5.16. The summed E-state index contributed by atoms with van der Waals surface area (Å²) in [5.41, 5.74) is 7.11. The Morgan fingerprint density at radius 3 is 2.69 bits per heavy atom. The van der Waals surface area contributed by atoms with E-state index in [1.807, 2.05) is 12.3 Å². The molecule has 0 saturated heterocycles. The number of hydrogen-bond donors (Lipinski definition) is 1. The lowest BCUT2D eigenvalue weighted by molar-refractivity contribution is 0.237. The van der Waals surface area contributed by atoms with Gasteiger partial charge in [0.05, 0.1) is 0 Å². The zero-order valence-corrected chi connectivity index (χ0v) is 10.2. The lowest BCUT2D eigenvalue weighted by Gasteiger charge is -2.39. The molecule has 1 aliphatic rings. The van der Waals surface area contributed by atoms with Gasteiger partial charge in [0.2, 0.25) is 0 Å². The molecule has 2 rings (SSSR count). The molecule has 3 heteroatoms. The van der Waals surface area contributed by atoms with Gasteiger partial charge in [-0.15, -0.1) is 0 Å². The van der Waals surface area contributed by atoms with Crippen LogP contribution in [0.4, 0.5) is 0 Å². The van der Waals surface area contributed by atoms with E-state index in [4.69, 9.17) is 5.73 Å². The van der Waals surface area contributed by atoms with Gasteiger partial charge >= 0.3 is 0 Å². The highest BCUT2D eigenvalue weighted by Crippen LogP contribution is 2.40. The van der Waals surface area contributed by atoms with Gasteiger partial charge < -0.3 is 5.73 Å². The van der Waals surface area contributed by atoms with Crippen LogP contribution in [0.25, 0.3) is 0 Å². The second-order valence-electron chi connectivity index (χ2n) is 5.31. The van der Waals surface area contributed by atoms with Crippen molar-refractivity contribution in [3.8, 4) is 0 Å². The number of nitrogens with zero attached hydrogens (tertiary/aromatic N) is 2. The summed E-state index contributed by atoms with van der Waals surface area (Å²) in [6.45, 7) is 5.10. The summed E-state index contributed by atoms with van der Waals surface area (Å²) in [6.07, 6.45) is 6.46. The van der Waals surface area contributed by atoms with Crippen molar-refractivity contribution in [3.63, 3.8) is 0 Å². The predicted octanol–water partition coefficient (Wildman–Crippen LogP) is 2.06. The number of hydrogen-bond acceptors (Lipinski definition) is 3. The molecule has 3 nitrogen and oxygen atoms in total. The molecule has 0 aliphatic heterocycles. The Balaban J connectivity index is 2.21. The zero-order chi connectivity index (χ0) is 11.6. The number of nitrogens with two attached hydrogens (primary N) is 1. The van der Waals surface area contributed by atoms with Crippen molar-refractivity contribution >= 4 is 0 Å². The number of aromatic nitrogens is 2. The highest BCUT2D eigenvalue weighted by Gasteiger charge is 2.40. The molecule has 0 amide bonds. The maximum absolute atomic E-state index is 5.87. The molecule has 0 spiro atoms. The Labute approximate surface area is 97.5 Å². The van der Waals surface area contributed by atoms with Crippen LogP contribution in [-0.2, 0) is 11.8 Å². The first-order valence-electron chi connectivity index (χ1n) is 6.19. The van der Waals surface area contributed by atoms with Crippen LogP contribution in [0.15, 0.2) is 12.3 Å². The molecule has 1 saturated carbocycles. The van der Waals surface area contributed by atoms with Gasteiger partial charge in [-0.25, -0.2) is 9.97 Å². The van der Waals surface area contributed by atoms with Crippen molar-refractivity contribution in [2.45, 2.75) is 44.9 Å². The molecule has 1 fully saturated rings. The minimum Gasteiger partial charge on any atom is -0.329 e. The Morgan fingerprint density at radius 2 is 2.19 bits per heavy atom. The quantitative estimate of drug-likeness (QED) is 0.843. The summed E-state index contributed by atoms with van der Waals surface area (Å²) in [5, 5.41) is 0. The summed E-state index contributed by atoms with van der Waals surface area (Å²) < 4.78 is 0. The Morgan fingerprint density at radius 1 is 1.44 bits per heavy atom. The summed E-state index contributed by atoms with van der Waals surface area (Å²) in [5.74, 6) is 1.61. The molecular formula is C13H21N3. The minimum absolute atomic E-state index is 0.0903. The Kier molecular flexibility index (Phi) is 3.24. The average molecular weight is 219 g/mol. The van der Waals surface area contributed by atoms with Gasteiger partial charge in [0.25, 0.3) is 0 Å². The lowest BCUT2D eigenvalue weighted by Crippen LogP contribution is -2.43. The third-order valence-electron chi connectivity index (χ3n) is 3.51. The van der Waals surface area contributed by atoms with E-state index in [9.17, 15) is 0 Å². The van der Waals surface area contributed by atoms with Gasteiger partial charge in [-0.1, -0.05) is 20.3 Å². The van der Waals surface area contributed by atoms with Gasteiger partial charge in [0.15, 0.2) is 0 Å². The Bertz CT molecular complexity index is 350. The third kappa shape index (κ3) is 2.09. The van der Waals surface area contributed by atoms with E-state index in [0.717, 1.165) is 30.8 Å². The van der Waals surface area contributed by atoms with Gasteiger partial charge in [0.1, 0.15) is 5.82 Å². The molecule has 0 bridgehead atoms. The van der Waals surface area contributed by atoms with Crippen molar-refractivity contribution in [1.82, 2.24) is 9.97 Å². The highest BCUT2D eigenvalue weighted by atomic mass is 14.9. The zero-order valence-electron chi connectivity index (χ0n) is 10.2. The maximum Gasteiger partial charge on any atom is 0.135 e. The first-order valence-corrected chi connectivity index (χ1v) is 6.19. The van der Waals surface area contributed by atoms with Gasteiger partial charge in [-0.3, -0.25) is 0 Å². The predicted molar refractivity (Wildman–Crippen MR) is 65.2 cm³/mol. The van der Waals surface area contributed by atoms with Gasteiger partial charge in [-0.2, -0.15) is 0 Å². The van der Waals surface area contributed by atoms with E-state index in [1.165, 1.54) is 6.42 Å². The fourth-order valence-electron chi connectivity index (χ4n) is 2.31. The van der Waals surface area contributed by atoms with E-state index in [-0.39, 0.29) is 5.41 Å². The smallest absolute Gasteiger partial charge is 0.135 e. The summed E-state index contributed by atoms with van der Waals surface area (Å²) in [6, 6.07) is 2.02. The van der Waals surface area contributed by atoms with Crippen molar-refractivity contribution in [3.05, 3.63) is 23.8 Å². The fraction of sp³-hybridized carbons (Fsp3) is 0.692. The van der Waals surface area contributed by atoms with Crippen LogP contribution in [0, 0.1) is 5.92 Å². The van der Waals surface area contributed by atoms with Crippen LogP contribution in [0.5, 0.6) is 0 Å². The molecule has 0 aromatic carbocycles. The summed E-state index contributed by atoms with van der Waals surface area (Å²) in [4.78, 5) is 9.11. The largest absolute Gasteiger partial charge is 0.329 e. The normalized spacial score (nSPS) is 18.5. The van der Waals surface area contributed by atoms with Crippen molar-refractivity contribution in [1.29, 1.82) is 0 Å². The van der Waals surface area contributed by atoms with Crippen LogP contribution < -0.4 is 5.73 Å². The van der Waals surface area contributed by atoms with Crippen LogP contribution >= 0.6 is 0 Å². The molecule has 0 radical (unpaired) electrons. The standard InChI is InChI=1S/C13H21N3/c1-10(2)8-11-4-7-15-12(16-11)13(9-14)5-3-6-13/h4,7,10H,3,5-6,8-9,14H2,1-2H3. The second kappa shape index (κ2) is 4.50. The van der Waals surface area contributed by atoms with Crippen LogP contribution in [0.3, 0.4) is 0 Å².